The monoisotopic (exact) mass is 602 g/mol. The van der Waals surface area contributed by atoms with Gasteiger partial charge < -0.3 is 14.9 Å². The predicted molar refractivity (Wildman–Crippen MR) is 153 cm³/mol. The van der Waals surface area contributed by atoms with Crippen molar-refractivity contribution in [1.82, 2.24) is 9.80 Å². The van der Waals surface area contributed by atoms with Gasteiger partial charge in [-0.2, -0.15) is 0 Å². The van der Waals surface area contributed by atoms with Gasteiger partial charge in [0, 0.05) is 65.7 Å². The van der Waals surface area contributed by atoms with E-state index in [1.54, 1.807) is 36.0 Å². The van der Waals surface area contributed by atoms with E-state index in [4.69, 9.17) is 26.6 Å². The lowest BCUT2D eigenvalue weighted by Gasteiger charge is -2.39. The Hall–Kier alpha value is -3.44. The molecule has 5 rings (SSSR count). The standard InChI is InChI=1S/C26H25ClF2N2OS.C4H4O4/c27-19-2-8-25-23(16-19)24(15-18-1-3-21(29)17-26(18)33-25)31-11-9-30(10-12-31)13-14-32-22-6-4-20(28)5-7-22;5-3(6)1-2-4(7)8/h1-8,16-17,24H,9-15H2;1-2H,(H,5,6)(H,7,8)/b;2-1-. The van der Waals surface area contributed by atoms with Crippen molar-refractivity contribution in [3.8, 4) is 5.75 Å². The number of benzene rings is 3. The van der Waals surface area contributed by atoms with Crippen LogP contribution in [0.25, 0.3) is 0 Å². The van der Waals surface area contributed by atoms with Crippen molar-refractivity contribution in [2.75, 3.05) is 39.3 Å². The van der Waals surface area contributed by atoms with Crippen molar-refractivity contribution in [3.05, 3.63) is 101 Å². The summed E-state index contributed by atoms with van der Waals surface area (Å²) >= 11 is 8.01. The first-order valence-corrected chi connectivity index (χ1v) is 14.1. The Bertz CT molecular complexity index is 1380. The van der Waals surface area contributed by atoms with Gasteiger partial charge in [-0.25, -0.2) is 18.4 Å². The van der Waals surface area contributed by atoms with Crippen LogP contribution < -0.4 is 4.74 Å². The van der Waals surface area contributed by atoms with E-state index in [-0.39, 0.29) is 17.7 Å². The Balaban J connectivity index is 0.000000426. The molecule has 3 aromatic carbocycles. The number of aliphatic carboxylic acids is 2. The van der Waals surface area contributed by atoms with Crippen LogP contribution in [0.4, 0.5) is 8.78 Å². The average Bonchev–Trinajstić information content (AvgIpc) is 3.10. The van der Waals surface area contributed by atoms with Gasteiger partial charge in [-0.3, -0.25) is 9.80 Å². The Morgan fingerprint density at radius 1 is 0.902 bits per heavy atom. The molecule has 7 nitrogen and oxygen atoms in total. The zero-order chi connectivity index (χ0) is 29.4. The van der Waals surface area contributed by atoms with Crippen LogP contribution in [0.1, 0.15) is 17.2 Å². The van der Waals surface area contributed by atoms with Gasteiger partial charge in [-0.05, 0) is 72.1 Å². The van der Waals surface area contributed by atoms with Gasteiger partial charge in [0.2, 0.25) is 0 Å². The minimum atomic E-state index is -1.26. The average molecular weight is 603 g/mol. The molecular weight excluding hydrogens is 574 g/mol. The van der Waals surface area contributed by atoms with Crippen LogP contribution in [0.15, 0.2) is 82.6 Å². The number of piperazine rings is 1. The van der Waals surface area contributed by atoms with Gasteiger partial charge in [0.1, 0.15) is 24.0 Å². The summed E-state index contributed by atoms with van der Waals surface area (Å²) in [4.78, 5) is 26.1. The molecule has 2 aliphatic heterocycles. The van der Waals surface area contributed by atoms with Gasteiger partial charge in [0.15, 0.2) is 0 Å². The lowest BCUT2D eigenvalue weighted by atomic mass is 9.96. The van der Waals surface area contributed by atoms with Gasteiger partial charge in [0.25, 0.3) is 0 Å². The molecule has 0 amide bonds. The maximum atomic E-state index is 13.9. The summed E-state index contributed by atoms with van der Waals surface area (Å²) < 4.78 is 32.7. The van der Waals surface area contributed by atoms with Crippen LogP contribution in [0, 0.1) is 11.6 Å². The van der Waals surface area contributed by atoms with Crippen LogP contribution in [-0.2, 0) is 16.0 Å². The molecule has 0 aliphatic carbocycles. The zero-order valence-electron chi connectivity index (χ0n) is 22.0. The SMILES string of the molecule is Fc1ccc(OCCN2CCN(C3Cc4ccc(F)cc4Sc4ccc(Cl)cc43)CC2)cc1.O=C(O)/C=C\C(=O)O. The first-order valence-electron chi connectivity index (χ1n) is 12.9. The zero-order valence-corrected chi connectivity index (χ0v) is 23.6. The minimum absolute atomic E-state index is 0.202. The van der Waals surface area contributed by atoms with Gasteiger partial charge >= 0.3 is 11.9 Å². The van der Waals surface area contributed by atoms with E-state index >= 15 is 0 Å². The minimum Gasteiger partial charge on any atom is -0.492 e. The second-order valence-corrected chi connectivity index (χ2v) is 11.0. The molecule has 2 heterocycles. The van der Waals surface area contributed by atoms with Crippen molar-refractivity contribution < 1.29 is 33.3 Å². The second kappa shape index (κ2) is 14.5. The fourth-order valence-electron chi connectivity index (χ4n) is 4.69. The Kier molecular flexibility index (Phi) is 10.8. The summed E-state index contributed by atoms with van der Waals surface area (Å²) in [7, 11) is 0. The highest BCUT2D eigenvalue weighted by Crippen LogP contribution is 2.44. The van der Waals surface area contributed by atoms with E-state index < -0.39 is 11.9 Å². The number of ether oxygens (including phenoxy) is 1. The molecule has 216 valence electrons. The number of carboxylic acid groups (broad SMARTS) is 2. The number of carbonyl (C=O) groups is 2. The molecular formula is C30H29ClF2N2O5S. The molecule has 1 unspecified atom stereocenters. The number of fused-ring (bicyclic) bond motifs is 2. The van der Waals surface area contributed by atoms with E-state index in [0.717, 1.165) is 54.0 Å². The quantitative estimate of drug-likeness (QED) is 0.329. The largest absolute Gasteiger partial charge is 0.492 e. The summed E-state index contributed by atoms with van der Waals surface area (Å²) in [5, 5.41) is 16.4. The molecule has 1 fully saturated rings. The van der Waals surface area contributed by atoms with Crippen molar-refractivity contribution in [2.45, 2.75) is 22.3 Å². The first-order chi connectivity index (χ1) is 19.7. The van der Waals surface area contributed by atoms with Gasteiger partial charge in [-0.1, -0.05) is 29.4 Å². The molecule has 0 saturated carbocycles. The maximum absolute atomic E-state index is 13.9. The van der Waals surface area contributed by atoms with Crippen LogP contribution >= 0.6 is 23.4 Å². The number of carboxylic acids is 2. The third-order valence-electron chi connectivity index (χ3n) is 6.70. The van der Waals surface area contributed by atoms with E-state index in [0.29, 0.717) is 24.5 Å². The molecule has 1 atom stereocenters. The van der Waals surface area contributed by atoms with E-state index in [1.165, 1.54) is 23.3 Å². The fourth-order valence-corrected chi connectivity index (χ4v) is 6.01. The third kappa shape index (κ3) is 9.02. The van der Waals surface area contributed by atoms with Crippen LogP contribution in [0.5, 0.6) is 5.75 Å². The molecule has 41 heavy (non-hydrogen) atoms. The molecule has 11 heteroatoms. The molecule has 2 N–H and O–H groups in total. The van der Waals surface area contributed by atoms with Crippen LogP contribution in [-0.4, -0.2) is 71.3 Å². The topological polar surface area (TPSA) is 90.3 Å². The van der Waals surface area contributed by atoms with Crippen molar-refractivity contribution in [1.29, 1.82) is 0 Å². The van der Waals surface area contributed by atoms with Crippen molar-refractivity contribution in [2.24, 2.45) is 0 Å². The Morgan fingerprint density at radius 3 is 2.22 bits per heavy atom. The molecule has 0 spiro atoms. The fraction of sp³-hybridized carbons (Fsp3) is 0.267. The lowest BCUT2D eigenvalue weighted by molar-refractivity contribution is -0.134. The number of halogens is 3. The number of hydrogen-bond donors (Lipinski definition) is 2. The summed E-state index contributed by atoms with van der Waals surface area (Å²) in [6.07, 6.45) is 1.95. The summed E-state index contributed by atoms with van der Waals surface area (Å²) in [6, 6.07) is 17.5. The second-order valence-electron chi connectivity index (χ2n) is 9.45. The smallest absolute Gasteiger partial charge is 0.328 e. The number of rotatable bonds is 7. The highest BCUT2D eigenvalue weighted by atomic mass is 35.5. The van der Waals surface area contributed by atoms with Crippen LogP contribution in [0.2, 0.25) is 5.02 Å². The van der Waals surface area contributed by atoms with Gasteiger partial charge in [0.05, 0.1) is 0 Å². The van der Waals surface area contributed by atoms with Gasteiger partial charge in [-0.15, -0.1) is 0 Å². The summed E-state index contributed by atoms with van der Waals surface area (Å²) in [6.45, 7) is 5.17. The molecule has 0 radical (unpaired) electrons. The summed E-state index contributed by atoms with van der Waals surface area (Å²) in [5.74, 6) is -2.29. The molecule has 1 saturated heterocycles. The predicted octanol–water partition coefficient (Wildman–Crippen LogP) is 5.78. The van der Waals surface area contributed by atoms with Crippen molar-refractivity contribution in [3.63, 3.8) is 0 Å². The first kappa shape index (κ1) is 30.5. The molecule has 0 bridgehead atoms. The van der Waals surface area contributed by atoms with Crippen LogP contribution in [0.3, 0.4) is 0 Å². The maximum Gasteiger partial charge on any atom is 0.328 e. The highest BCUT2D eigenvalue weighted by molar-refractivity contribution is 7.99. The molecule has 3 aromatic rings. The molecule has 0 aromatic heterocycles. The summed E-state index contributed by atoms with van der Waals surface area (Å²) in [5.41, 5.74) is 2.39. The third-order valence-corrected chi connectivity index (χ3v) is 8.13. The number of hydrogen-bond acceptors (Lipinski definition) is 6. The normalized spacial score (nSPS) is 17.1. The lowest BCUT2D eigenvalue weighted by Crippen LogP contribution is -2.49. The molecule has 2 aliphatic rings. The van der Waals surface area contributed by atoms with E-state index in [1.807, 2.05) is 12.1 Å². The van der Waals surface area contributed by atoms with E-state index in [9.17, 15) is 18.4 Å². The van der Waals surface area contributed by atoms with Crippen molar-refractivity contribution >= 4 is 35.3 Å². The highest BCUT2D eigenvalue weighted by Gasteiger charge is 2.30. The van der Waals surface area contributed by atoms with E-state index in [2.05, 4.69) is 21.9 Å². The number of nitrogens with zero attached hydrogens (tertiary/aromatic N) is 2. The Morgan fingerprint density at radius 2 is 1.56 bits per heavy atom. The Labute approximate surface area is 246 Å².